The van der Waals surface area contributed by atoms with E-state index < -0.39 is 5.54 Å². The first kappa shape index (κ1) is 38.9. The number of halogens is 2. The lowest BCUT2D eigenvalue weighted by Gasteiger charge is -2.37. The molecule has 0 heterocycles. The Kier molecular flexibility index (Phi) is 33.9. The minimum absolute atomic E-state index is 0. The van der Waals surface area contributed by atoms with Gasteiger partial charge in [-0.3, -0.25) is 0 Å². The van der Waals surface area contributed by atoms with Crippen LogP contribution < -0.4 is 11.1 Å². The smallest absolute Gasteiger partial charge is 0.0448 e. The summed E-state index contributed by atoms with van der Waals surface area (Å²) in [6, 6.07) is 0. The summed E-state index contributed by atoms with van der Waals surface area (Å²) in [6.07, 6.45) is 23.6. The van der Waals surface area contributed by atoms with E-state index in [9.17, 15) is 15.3 Å². The molecule has 0 saturated heterocycles. The van der Waals surface area contributed by atoms with Gasteiger partial charge in [0.1, 0.15) is 0 Å². The Labute approximate surface area is 224 Å². The quantitative estimate of drug-likeness (QED) is 0.0864. The lowest BCUT2D eigenvalue weighted by molar-refractivity contribution is 0.122. The van der Waals surface area contributed by atoms with Crippen LogP contribution in [0.1, 0.15) is 129 Å². The summed E-state index contributed by atoms with van der Waals surface area (Å²) in [5.74, 6) is 0.0628. The maximum atomic E-state index is 9.38. The van der Waals surface area contributed by atoms with Gasteiger partial charge in [0, 0.05) is 25.4 Å². The molecule has 0 amide bonds. The van der Waals surface area contributed by atoms with E-state index >= 15 is 0 Å². The Hall–Kier alpha value is 0.380. The van der Waals surface area contributed by atoms with Crippen molar-refractivity contribution in [2.24, 2.45) is 11.7 Å². The van der Waals surface area contributed by atoms with Crippen molar-refractivity contribution in [3.8, 4) is 0 Å². The van der Waals surface area contributed by atoms with E-state index in [0.717, 1.165) is 13.1 Å². The Balaban J connectivity index is -0.00000480. The first-order valence-electron chi connectivity index (χ1n) is 14.0. The van der Waals surface area contributed by atoms with Crippen LogP contribution in [-0.4, -0.2) is 53.8 Å². The molecule has 0 spiro atoms. The van der Waals surface area contributed by atoms with Crippen LogP contribution >= 0.6 is 24.8 Å². The van der Waals surface area contributed by atoms with Gasteiger partial charge in [-0.25, -0.2) is 0 Å². The molecule has 7 heteroatoms. The topological polar surface area (TPSA) is 98.7 Å². The second-order valence-corrected chi connectivity index (χ2v) is 9.90. The first-order chi connectivity index (χ1) is 15.6. The molecule has 0 fully saturated rings. The van der Waals surface area contributed by atoms with Gasteiger partial charge in [0.05, 0.1) is 0 Å². The maximum Gasteiger partial charge on any atom is 0.0448 e. The average molecular weight is 532 g/mol. The zero-order valence-corrected chi connectivity index (χ0v) is 23.9. The number of nitrogens with two attached hydrogens (primary N) is 1. The third-order valence-electron chi connectivity index (χ3n) is 7.04. The van der Waals surface area contributed by atoms with Gasteiger partial charge in [-0.15, -0.1) is 24.8 Å². The number of hydrogen-bond acceptors (Lipinski definition) is 5. The molecular formula is C27H60Cl2N2O3. The van der Waals surface area contributed by atoms with Crippen LogP contribution in [0.4, 0.5) is 0 Å². The Bertz CT molecular complexity index is 374. The van der Waals surface area contributed by atoms with E-state index in [1.807, 2.05) is 0 Å². The SMILES string of the molecule is CCCCCCCCCCCCCCCCCCNCC(CCO)C(N)(CCO)CCO.Cl.Cl. The number of rotatable bonds is 26. The van der Waals surface area contributed by atoms with Crippen molar-refractivity contribution in [1.82, 2.24) is 5.32 Å². The minimum atomic E-state index is -0.617. The van der Waals surface area contributed by atoms with Gasteiger partial charge in [0.25, 0.3) is 0 Å². The largest absolute Gasteiger partial charge is 0.396 e. The Morgan fingerprint density at radius 3 is 1.35 bits per heavy atom. The molecule has 0 rings (SSSR count). The fourth-order valence-corrected chi connectivity index (χ4v) is 4.77. The monoisotopic (exact) mass is 530 g/mol. The van der Waals surface area contributed by atoms with E-state index in [-0.39, 0.29) is 50.6 Å². The van der Waals surface area contributed by atoms with Crippen molar-refractivity contribution in [2.75, 3.05) is 32.9 Å². The molecule has 0 aliphatic rings. The molecular weight excluding hydrogens is 471 g/mol. The molecule has 34 heavy (non-hydrogen) atoms. The fraction of sp³-hybridized carbons (Fsp3) is 1.00. The van der Waals surface area contributed by atoms with Gasteiger partial charge in [-0.2, -0.15) is 0 Å². The second-order valence-electron chi connectivity index (χ2n) is 9.90. The summed E-state index contributed by atoms with van der Waals surface area (Å²) < 4.78 is 0. The highest BCUT2D eigenvalue weighted by Crippen LogP contribution is 2.25. The van der Waals surface area contributed by atoms with Crippen LogP contribution in [0.15, 0.2) is 0 Å². The summed E-state index contributed by atoms with van der Waals surface area (Å²) in [5.41, 5.74) is 5.84. The van der Waals surface area contributed by atoms with E-state index in [2.05, 4.69) is 12.2 Å². The van der Waals surface area contributed by atoms with Crippen molar-refractivity contribution in [3.63, 3.8) is 0 Å². The van der Waals surface area contributed by atoms with Crippen LogP contribution in [0.25, 0.3) is 0 Å². The molecule has 210 valence electrons. The van der Waals surface area contributed by atoms with E-state index in [0.29, 0.717) is 19.3 Å². The highest BCUT2D eigenvalue weighted by Gasteiger charge is 2.33. The average Bonchev–Trinajstić information content (AvgIpc) is 2.77. The summed E-state index contributed by atoms with van der Waals surface area (Å²) in [6.45, 7) is 4.09. The molecule has 0 aromatic rings. The normalized spacial score (nSPS) is 12.3. The van der Waals surface area contributed by atoms with E-state index in [4.69, 9.17) is 5.73 Å². The number of aliphatic hydroxyl groups is 3. The highest BCUT2D eigenvalue weighted by atomic mass is 35.5. The fourth-order valence-electron chi connectivity index (χ4n) is 4.77. The maximum absolute atomic E-state index is 9.38. The van der Waals surface area contributed by atoms with Crippen LogP contribution in [-0.2, 0) is 0 Å². The number of unbranched alkanes of at least 4 members (excludes halogenated alkanes) is 15. The summed E-state index contributed by atoms with van der Waals surface area (Å²) in [7, 11) is 0. The van der Waals surface area contributed by atoms with Gasteiger partial charge in [0.15, 0.2) is 0 Å². The zero-order valence-electron chi connectivity index (χ0n) is 22.3. The molecule has 0 aromatic heterocycles. The molecule has 0 aliphatic heterocycles. The van der Waals surface area contributed by atoms with Gasteiger partial charge in [-0.05, 0) is 44.7 Å². The van der Waals surface area contributed by atoms with Gasteiger partial charge >= 0.3 is 0 Å². The van der Waals surface area contributed by atoms with Crippen LogP contribution in [0.2, 0.25) is 0 Å². The third kappa shape index (κ3) is 22.8. The minimum Gasteiger partial charge on any atom is -0.396 e. The van der Waals surface area contributed by atoms with E-state index in [1.165, 1.54) is 103 Å². The predicted octanol–water partition coefficient (Wildman–Crippen LogP) is 6.14. The number of aliphatic hydroxyl groups excluding tert-OH is 3. The molecule has 0 aromatic carbocycles. The van der Waals surface area contributed by atoms with Crippen molar-refractivity contribution in [1.29, 1.82) is 0 Å². The Morgan fingerprint density at radius 2 is 1.00 bits per heavy atom. The summed E-state index contributed by atoms with van der Waals surface area (Å²) in [5, 5.41) is 31.5. The molecule has 1 atom stereocenters. The summed E-state index contributed by atoms with van der Waals surface area (Å²) >= 11 is 0. The summed E-state index contributed by atoms with van der Waals surface area (Å²) in [4.78, 5) is 0. The number of nitrogens with one attached hydrogen (secondary N) is 1. The van der Waals surface area contributed by atoms with Gasteiger partial charge < -0.3 is 26.4 Å². The first-order valence-corrected chi connectivity index (χ1v) is 14.0. The third-order valence-corrected chi connectivity index (χ3v) is 7.04. The molecule has 0 aliphatic carbocycles. The van der Waals surface area contributed by atoms with Crippen molar-refractivity contribution in [3.05, 3.63) is 0 Å². The highest BCUT2D eigenvalue weighted by molar-refractivity contribution is 5.85. The van der Waals surface area contributed by atoms with Gasteiger partial charge in [-0.1, -0.05) is 103 Å². The standard InChI is InChI=1S/C27H58N2O3.2ClH/c1-2-3-4-5-6-7-8-9-10-11-12-13-14-15-16-17-21-29-25-26(18-22-30)27(28,19-23-31)20-24-32;;/h26,29-32H,2-25,28H2,1H3;2*1H. The Morgan fingerprint density at radius 1 is 0.618 bits per heavy atom. The zero-order chi connectivity index (χ0) is 23.8. The van der Waals surface area contributed by atoms with Crippen LogP contribution in [0.5, 0.6) is 0 Å². The molecule has 0 saturated carbocycles. The van der Waals surface area contributed by atoms with Crippen LogP contribution in [0, 0.1) is 5.92 Å². The second kappa shape index (κ2) is 29.6. The molecule has 5 nitrogen and oxygen atoms in total. The lowest BCUT2D eigenvalue weighted by Crippen LogP contribution is -2.52. The predicted molar refractivity (Wildman–Crippen MR) is 152 cm³/mol. The van der Waals surface area contributed by atoms with E-state index in [1.54, 1.807) is 0 Å². The number of hydrogen-bond donors (Lipinski definition) is 5. The van der Waals surface area contributed by atoms with Gasteiger partial charge in [0.2, 0.25) is 0 Å². The molecule has 6 N–H and O–H groups in total. The molecule has 1 unspecified atom stereocenters. The molecule has 0 bridgehead atoms. The van der Waals surface area contributed by atoms with Crippen molar-refractivity contribution >= 4 is 24.8 Å². The van der Waals surface area contributed by atoms with Crippen molar-refractivity contribution in [2.45, 2.75) is 134 Å². The lowest BCUT2D eigenvalue weighted by atomic mass is 9.77. The van der Waals surface area contributed by atoms with Crippen LogP contribution in [0.3, 0.4) is 0 Å². The van der Waals surface area contributed by atoms with Crippen molar-refractivity contribution < 1.29 is 15.3 Å². The molecule has 0 radical (unpaired) electrons.